The zero-order chi connectivity index (χ0) is 14.3. The number of rotatable bonds is 5. The summed E-state index contributed by atoms with van der Waals surface area (Å²) in [6, 6.07) is 4.58. The molecule has 0 saturated carbocycles. The van der Waals surface area contributed by atoms with Crippen molar-refractivity contribution in [3.8, 4) is 11.8 Å². The topological polar surface area (TPSA) is 60.2 Å². The van der Waals surface area contributed by atoms with Gasteiger partial charge in [0.2, 0.25) is 0 Å². The molecule has 0 aliphatic carbocycles. The van der Waals surface area contributed by atoms with Crippen molar-refractivity contribution in [3.63, 3.8) is 0 Å². The van der Waals surface area contributed by atoms with Gasteiger partial charge in [-0.15, -0.1) is 0 Å². The van der Waals surface area contributed by atoms with Gasteiger partial charge in [0.25, 0.3) is 0 Å². The maximum atomic E-state index is 13.3. The molecule has 0 aliphatic heterocycles. The number of nitrogens with two attached hydrogens (primary N) is 1. The quantitative estimate of drug-likeness (QED) is 0.660. The molecule has 0 bridgehead atoms. The molecular weight excluding hydrogens is 285 g/mol. The maximum Gasteiger partial charge on any atom is 0.148 e. The lowest BCUT2D eigenvalue weighted by Gasteiger charge is -2.03. The van der Waals surface area contributed by atoms with E-state index in [1.54, 1.807) is 6.07 Å². The summed E-state index contributed by atoms with van der Waals surface area (Å²) >= 11 is 1.46. The Morgan fingerprint density at radius 2 is 2.11 bits per heavy atom. The second-order valence-corrected chi connectivity index (χ2v) is 7.40. The van der Waals surface area contributed by atoms with Gasteiger partial charge in [-0.3, -0.25) is 0 Å². The number of halogens is 1. The summed E-state index contributed by atoms with van der Waals surface area (Å²) in [4.78, 5) is 0. The van der Waals surface area contributed by atoms with E-state index in [0.717, 1.165) is 5.56 Å². The first kappa shape index (κ1) is 16.0. The highest BCUT2D eigenvalue weighted by atomic mass is 32.2. The van der Waals surface area contributed by atoms with Gasteiger partial charge in [0.1, 0.15) is 15.7 Å². The number of benzene rings is 1. The Balaban J connectivity index is 2.61. The Bertz CT molecular complexity index is 588. The van der Waals surface area contributed by atoms with Crippen molar-refractivity contribution in [1.29, 1.82) is 0 Å². The third-order valence-electron chi connectivity index (χ3n) is 2.16. The van der Waals surface area contributed by atoms with Crippen LogP contribution in [0.1, 0.15) is 11.1 Å². The lowest BCUT2D eigenvalue weighted by Crippen LogP contribution is -2.05. The van der Waals surface area contributed by atoms with Gasteiger partial charge in [0, 0.05) is 23.3 Å². The fourth-order valence-corrected chi connectivity index (χ4v) is 3.59. The molecule has 0 heterocycles. The van der Waals surface area contributed by atoms with Crippen LogP contribution in [0.25, 0.3) is 0 Å². The number of sulfone groups is 1. The van der Waals surface area contributed by atoms with Crippen molar-refractivity contribution in [3.05, 3.63) is 35.1 Å². The summed E-state index contributed by atoms with van der Waals surface area (Å²) in [6.07, 6.45) is 1.20. The fraction of sp³-hybridized carbons (Fsp3) is 0.385. The standard InChI is InChI=1S/C13H16FNO2S2/c1-19(16,17)6-5-18-10-12-7-11(3-2-4-15)8-13(14)9-12/h7-9H,4-6,10,15H2,1H3. The summed E-state index contributed by atoms with van der Waals surface area (Å²) in [5, 5.41) is 0. The van der Waals surface area contributed by atoms with Gasteiger partial charge in [0.15, 0.2) is 0 Å². The van der Waals surface area contributed by atoms with Gasteiger partial charge in [-0.05, 0) is 23.8 Å². The van der Waals surface area contributed by atoms with E-state index >= 15 is 0 Å². The van der Waals surface area contributed by atoms with E-state index in [2.05, 4.69) is 11.8 Å². The second-order valence-electron chi connectivity index (χ2n) is 4.04. The molecule has 0 radical (unpaired) electrons. The molecule has 3 nitrogen and oxygen atoms in total. The lowest BCUT2D eigenvalue weighted by atomic mass is 10.1. The summed E-state index contributed by atoms with van der Waals surface area (Å²) in [6.45, 7) is 0.231. The highest BCUT2D eigenvalue weighted by Crippen LogP contribution is 2.15. The Kier molecular flexibility index (Phi) is 6.35. The molecule has 1 aromatic carbocycles. The van der Waals surface area contributed by atoms with Crippen LogP contribution in [0.3, 0.4) is 0 Å². The van der Waals surface area contributed by atoms with Crippen LogP contribution in [0.2, 0.25) is 0 Å². The molecule has 0 atom stereocenters. The molecule has 1 aromatic rings. The van der Waals surface area contributed by atoms with Crippen molar-refractivity contribution < 1.29 is 12.8 Å². The summed E-state index contributed by atoms with van der Waals surface area (Å²) < 4.78 is 35.3. The molecule has 0 fully saturated rings. The minimum absolute atomic E-state index is 0.132. The smallest absolute Gasteiger partial charge is 0.148 e. The lowest BCUT2D eigenvalue weighted by molar-refractivity contribution is 0.603. The molecule has 0 aromatic heterocycles. The zero-order valence-electron chi connectivity index (χ0n) is 10.6. The average Bonchev–Trinajstić information content (AvgIpc) is 2.30. The minimum Gasteiger partial charge on any atom is -0.320 e. The molecule has 6 heteroatoms. The first-order valence-electron chi connectivity index (χ1n) is 5.64. The molecule has 1 rings (SSSR count). The van der Waals surface area contributed by atoms with Crippen molar-refractivity contribution >= 4 is 21.6 Å². The van der Waals surface area contributed by atoms with Crippen LogP contribution >= 0.6 is 11.8 Å². The number of hydrogen-bond donors (Lipinski definition) is 1. The van der Waals surface area contributed by atoms with Crippen molar-refractivity contribution in [2.75, 3.05) is 24.3 Å². The number of thioether (sulfide) groups is 1. The van der Waals surface area contributed by atoms with Gasteiger partial charge >= 0.3 is 0 Å². The van der Waals surface area contributed by atoms with Gasteiger partial charge in [0.05, 0.1) is 12.3 Å². The summed E-state index contributed by atoms with van der Waals surface area (Å²) in [7, 11) is -2.94. The van der Waals surface area contributed by atoms with Gasteiger partial charge in [-0.2, -0.15) is 11.8 Å². The molecule has 2 N–H and O–H groups in total. The van der Waals surface area contributed by atoms with Crippen LogP contribution in [0, 0.1) is 17.7 Å². The maximum absolute atomic E-state index is 13.3. The molecule has 19 heavy (non-hydrogen) atoms. The second kappa shape index (κ2) is 7.53. The Morgan fingerprint density at radius 3 is 2.74 bits per heavy atom. The van der Waals surface area contributed by atoms with Gasteiger partial charge < -0.3 is 5.73 Å². The predicted molar refractivity (Wildman–Crippen MR) is 78.2 cm³/mol. The van der Waals surface area contributed by atoms with Crippen molar-refractivity contribution in [2.24, 2.45) is 5.73 Å². The average molecular weight is 301 g/mol. The molecule has 0 saturated heterocycles. The normalized spacial score (nSPS) is 10.9. The van der Waals surface area contributed by atoms with E-state index in [1.807, 2.05) is 0 Å². The van der Waals surface area contributed by atoms with Gasteiger partial charge in [-0.25, -0.2) is 12.8 Å². The van der Waals surface area contributed by atoms with Crippen LogP contribution in [-0.4, -0.2) is 32.7 Å². The fourth-order valence-electron chi connectivity index (χ4n) is 1.36. The monoisotopic (exact) mass is 301 g/mol. The highest BCUT2D eigenvalue weighted by Gasteiger charge is 2.03. The Hall–Kier alpha value is -1.03. The molecular formula is C13H16FNO2S2. The summed E-state index contributed by atoms with van der Waals surface area (Å²) in [5.41, 5.74) is 6.64. The van der Waals surface area contributed by atoms with Gasteiger partial charge in [-0.1, -0.05) is 11.8 Å². The molecule has 0 amide bonds. The van der Waals surface area contributed by atoms with Crippen molar-refractivity contribution in [2.45, 2.75) is 5.75 Å². The Morgan fingerprint density at radius 1 is 1.37 bits per heavy atom. The van der Waals surface area contributed by atoms with E-state index < -0.39 is 9.84 Å². The molecule has 0 aliphatic rings. The molecule has 0 spiro atoms. The third kappa shape index (κ3) is 7.21. The van der Waals surface area contributed by atoms with E-state index in [4.69, 9.17) is 5.73 Å². The van der Waals surface area contributed by atoms with E-state index in [0.29, 0.717) is 17.1 Å². The van der Waals surface area contributed by atoms with Crippen LogP contribution < -0.4 is 5.73 Å². The third-order valence-corrected chi connectivity index (χ3v) is 4.39. The first-order valence-corrected chi connectivity index (χ1v) is 8.86. The Labute approximate surface area is 117 Å². The number of hydrogen-bond acceptors (Lipinski definition) is 4. The van der Waals surface area contributed by atoms with Crippen LogP contribution in [0.5, 0.6) is 0 Å². The van der Waals surface area contributed by atoms with E-state index in [-0.39, 0.29) is 18.1 Å². The summed E-state index contributed by atoms with van der Waals surface area (Å²) in [5.74, 6) is 6.30. The SMILES string of the molecule is CS(=O)(=O)CCSCc1cc(F)cc(C#CCN)c1. The zero-order valence-corrected chi connectivity index (χ0v) is 12.3. The molecule has 104 valence electrons. The van der Waals surface area contributed by atoms with Crippen LogP contribution in [0.15, 0.2) is 18.2 Å². The highest BCUT2D eigenvalue weighted by molar-refractivity contribution is 7.99. The first-order chi connectivity index (χ1) is 8.90. The van der Waals surface area contributed by atoms with E-state index in [1.165, 1.54) is 30.2 Å². The largest absolute Gasteiger partial charge is 0.320 e. The minimum atomic E-state index is -2.94. The van der Waals surface area contributed by atoms with Crippen LogP contribution in [0.4, 0.5) is 4.39 Å². The van der Waals surface area contributed by atoms with Crippen LogP contribution in [-0.2, 0) is 15.6 Å². The van der Waals surface area contributed by atoms with Crippen molar-refractivity contribution in [1.82, 2.24) is 0 Å². The molecule has 0 unspecified atom stereocenters. The van der Waals surface area contributed by atoms with E-state index in [9.17, 15) is 12.8 Å². The predicted octanol–water partition coefficient (Wildman–Crippen LogP) is 1.41.